The molecule has 7 N–H and O–H groups in total. The molecule has 3 heterocycles. The summed E-state index contributed by atoms with van der Waals surface area (Å²) in [6.45, 7) is 1.93. The molecule has 1 saturated heterocycles. The monoisotopic (exact) mass is 668 g/mol. The van der Waals surface area contributed by atoms with Crippen molar-refractivity contribution in [1.82, 2.24) is 15.0 Å². The molecule has 3 aromatic rings. The lowest BCUT2D eigenvalue weighted by Crippen LogP contribution is -2.60. The van der Waals surface area contributed by atoms with E-state index >= 15 is 0 Å². The number of aliphatic hydroxyl groups excluding tert-OH is 5. The topological polar surface area (TPSA) is 254 Å². The number of amides is 2. The summed E-state index contributed by atoms with van der Waals surface area (Å²) in [5.41, 5.74) is -0.774. The third-order valence-corrected chi connectivity index (χ3v) is 8.41. The highest BCUT2D eigenvalue weighted by Crippen LogP contribution is 2.47. The minimum absolute atomic E-state index is 0.0494. The number of allylic oxidation sites excluding steroid dienone is 1. The number of nitro benzene ring substituents is 1. The number of benzene rings is 2. The maximum Gasteiger partial charge on any atom is 0.269 e. The summed E-state index contributed by atoms with van der Waals surface area (Å²) >= 11 is 0. The van der Waals surface area contributed by atoms with Gasteiger partial charge in [0.15, 0.2) is 18.0 Å². The van der Waals surface area contributed by atoms with Crippen LogP contribution in [0.25, 0.3) is 0 Å². The van der Waals surface area contributed by atoms with E-state index in [-0.39, 0.29) is 35.8 Å². The first-order valence-electron chi connectivity index (χ1n) is 15.1. The molecule has 2 aliphatic rings. The molecule has 0 saturated carbocycles. The van der Waals surface area contributed by atoms with Crippen LogP contribution in [0.2, 0.25) is 0 Å². The smallest absolute Gasteiger partial charge is 0.269 e. The minimum atomic E-state index is -2.15. The number of anilines is 2. The van der Waals surface area contributed by atoms with Crippen molar-refractivity contribution in [2.24, 2.45) is 5.92 Å². The van der Waals surface area contributed by atoms with Crippen LogP contribution in [0.3, 0.4) is 0 Å². The van der Waals surface area contributed by atoms with Gasteiger partial charge in [-0.1, -0.05) is 36.4 Å². The van der Waals surface area contributed by atoms with E-state index in [1.807, 2.05) is 0 Å². The first kappa shape index (κ1) is 34.7. The second-order valence-corrected chi connectivity index (χ2v) is 11.7. The van der Waals surface area contributed by atoms with Crippen molar-refractivity contribution in [2.75, 3.05) is 16.8 Å². The predicted octanol–water partition coefficient (Wildman–Crippen LogP) is -0.523. The van der Waals surface area contributed by atoms with Crippen LogP contribution in [0, 0.1) is 16.0 Å². The van der Waals surface area contributed by atoms with Crippen LogP contribution in [0.1, 0.15) is 30.2 Å². The number of hydrogen-bond donors (Lipinski definition) is 7. The third-order valence-electron chi connectivity index (χ3n) is 8.41. The molecule has 256 valence electrons. The van der Waals surface area contributed by atoms with Crippen molar-refractivity contribution in [3.05, 3.63) is 87.7 Å². The lowest BCUT2D eigenvalue weighted by Gasteiger charge is -2.37. The molecular weight excluding hydrogens is 632 g/mol. The Morgan fingerprint density at radius 3 is 2.67 bits per heavy atom. The quantitative estimate of drug-likeness (QED) is 0.0729. The van der Waals surface area contributed by atoms with Gasteiger partial charge in [0.1, 0.15) is 18.3 Å². The molecule has 1 fully saturated rings. The average Bonchev–Trinajstić information content (AvgIpc) is 3.60. The first-order valence-corrected chi connectivity index (χ1v) is 15.1. The molecule has 1 aromatic heterocycles. The molecule has 0 unspecified atom stereocenters. The van der Waals surface area contributed by atoms with E-state index in [2.05, 4.69) is 15.6 Å². The van der Waals surface area contributed by atoms with Gasteiger partial charge in [0.2, 0.25) is 0 Å². The molecule has 0 radical (unpaired) electrons. The van der Waals surface area contributed by atoms with E-state index in [0.29, 0.717) is 30.6 Å². The van der Waals surface area contributed by atoms with Gasteiger partial charge in [-0.2, -0.15) is 0 Å². The second kappa shape index (κ2) is 14.2. The minimum Gasteiger partial charge on any atom is -0.396 e. The number of nitrogens with zero attached hydrogens (tertiary/aromatic N) is 5. The summed E-state index contributed by atoms with van der Waals surface area (Å²) in [4.78, 5) is 39.1. The molecule has 0 spiro atoms. The number of fused-ring (bicyclic) bond motifs is 1. The van der Waals surface area contributed by atoms with E-state index in [1.165, 1.54) is 35.2 Å². The number of rotatable bonds is 12. The van der Waals surface area contributed by atoms with Crippen molar-refractivity contribution in [1.29, 1.82) is 0 Å². The number of nitrogens with one attached hydrogen (secondary N) is 1. The number of aromatic nitrogens is 3. The van der Waals surface area contributed by atoms with Gasteiger partial charge >= 0.3 is 0 Å². The van der Waals surface area contributed by atoms with E-state index in [0.717, 1.165) is 0 Å². The van der Waals surface area contributed by atoms with Crippen molar-refractivity contribution in [3.8, 4) is 0 Å². The lowest BCUT2D eigenvalue weighted by molar-refractivity contribution is -0.385. The van der Waals surface area contributed by atoms with Crippen molar-refractivity contribution in [3.63, 3.8) is 0 Å². The zero-order valence-corrected chi connectivity index (χ0v) is 25.7. The number of non-ortho nitro benzene ring substituents is 1. The van der Waals surface area contributed by atoms with Crippen LogP contribution in [0.5, 0.6) is 0 Å². The van der Waals surface area contributed by atoms with Crippen LogP contribution in [0.15, 0.2) is 60.8 Å². The van der Waals surface area contributed by atoms with Crippen LogP contribution in [-0.4, -0.2) is 99.7 Å². The van der Waals surface area contributed by atoms with E-state index in [4.69, 9.17) is 9.84 Å². The normalized spacial score (nSPS) is 26.1. The fourth-order valence-electron chi connectivity index (χ4n) is 5.75. The van der Waals surface area contributed by atoms with Gasteiger partial charge in [-0.25, -0.2) is 0 Å². The van der Waals surface area contributed by atoms with E-state index in [9.17, 15) is 45.2 Å². The van der Waals surface area contributed by atoms with Gasteiger partial charge in [0, 0.05) is 55.1 Å². The zero-order valence-electron chi connectivity index (χ0n) is 25.7. The molecule has 2 aromatic carbocycles. The Hall–Kier alpha value is -4.62. The summed E-state index contributed by atoms with van der Waals surface area (Å²) in [5, 5.41) is 82.7. The summed E-state index contributed by atoms with van der Waals surface area (Å²) < 4.78 is 6.58. The Balaban J connectivity index is 1.34. The maximum atomic E-state index is 14.0. The first-order chi connectivity index (χ1) is 22.8. The van der Waals surface area contributed by atoms with Crippen molar-refractivity contribution >= 4 is 28.9 Å². The fourth-order valence-corrected chi connectivity index (χ4v) is 5.75. The predicted molar refractivity (Wildman–Crippen MR) is 166 cm³/mol. The summed E-state index contributed by atoms with van der Waals surface area (Å²) in [6, 6.07) is 10.1. The molecule has 2 amide bonds. The van der Waals surface area contributed by atoms with Gasteiger partial charge in [0.05, 0.1) is 22.8 Å². The Morgan fingerprint density at radius 1 is 1.17 bits per heavy atom. The van der Waals surface area contributed by atoms with Gasteiger partial charge in [0.25, 0.3) is 17.5 Å². The molecule has 0 bridgehead atoms. The molecule has 0 aliphatic carbocycles. The average molecular weight is 669 g/mol. The van der Waals surface area contributed by atoms with Gasteiger partial charge in [-0.05, 0) is 30.2 Å². The number of ether oxygens (including phenoxy) is 1. The maximum absolute atomic E-state index is 14.0. The Bertz CT molecular complexity index is 1700. The number of aliphatic hydroxyl groups is 6. The molecule has 7 atom stereocenters. The Morgan fingerprint density at radius 2 is 1.94 bits per heavy atom. The molecule has 17 nitrogen and oxygen atoms in total. The fraction of sp³-hybridized carbons (Fsp3) is 0.419. The third kappa shape index (κ3) is 6.83. The number of carbonyl (C=O) groups is 2. The number of nitro groups is 1. The molecule has 17 heteroatoms. The second-order valence-electron chi connectivity index (χ2n) is 11.7. The standard InChI is InChI=1S/C31H36N6O11/c1-17(5-2-3-11-35-16-20(10-12-38)33-34-35)31(45)22-14-21(37(46)47)8-9-23(22)36(30(31)44)15-18-6-4-7-19(13-18)32-28(42)27-25(40)24(39)26(41)29(43)48-27/h2,4-9,13-14,16-17,24-27,29,38-41,43,45H,3,10-12,15H2,1H3,(H,32,42)/b5-2+/t17-,24-,25-,26+,27-,29+,31+/m0/s1. The molecule has 2 aliphatic heterocycles. The van der Waals surface area contributed by atoms with Crippen molar-refractivity contribution < 1.29 is 49.9 Å². The Kier molecular flexibility index (Phi) is 10.3. The number of aryl methyl sites for hydroxylation is 1. The number of hydrogen-bond acceptors (Lipinski definition) is 13. The SMILES string of the molecule is C[C@@H](/C=C/CCn1cc(CCO)nn1)[C@]1(O)C(=O)N(Cc2cccc(NC(=O)[C@H]3O[C@@H](O)[C@H](O)[C@@H](O)[C@@H]3O)c2)c2ccc([N+](=O)[O-])cc21. The van der Waals surface area contributed by atoms with Gasteiger partial charge in [-0.15, -0.1) is 5.10 Å². The van der Waals surface area contributed by atoms with Crippen molar-refractivity contribution in [2.45, 2.75) is 69.2 Å². The number of carbonyl (C=O) groups excluding carboxylic acids is 2. The lowest BCUT2D eigenvalue weighted by atomic mass is 9.82. The van der Waals surface area contributed by atoms with E-state index in [1.54, 1.807) is 42.1 Å². The van der Waals surface area contributed by atoms with Gasteiger partial charge < -0.3 is 45.6 Å². The van der Waals surface area contributed by atoms with Crippen LogP contribution in [0.4, 0.5) is 17.1 Å². The zero-order chi connectivity index (χ0) is 34.7. The highest BCUT2D eigenvalue weighted by molar-refractivity contribution is 6.07. The Labute approximate surface area is 273 Å². The molecular formula is C31H36N6O11. The summed E-state index contributed by atoms with van der Waals surface area (Å²) in [7, 11) is 0. The van der Waals surface area contributed by atoms with E-state index < -0.39 is 59.0 Å². The highest BCUT2D eigenvalue weighted by Gasteiger charge is 2.53. The summed E-state index contributed by atoms with van der Waals surface area (Å²) in [5.74, 6) is -2.44. The largest absolute Gasteiger partial charge is 0.396 e. The highest BCUT2D eigenvalue weighted by atomic mass is 16.6. The van der Waals surface area contributed by atoms with Crippen LogP contribution in [-0.2, 0) is 39.4 Å². The summed E-state index contributed by atoms with van der Waals surface area (Å²) in [6.07, 6.45) is -3.08. The van der Waals surface area contributed by atoms with Crippen LogP contribution >= 0.6 is 0 Å². The molecule has 48 heavy (non-hydrogen) atoms. The molecule has 5 rings (SSSR count). The van der Waals surface area contributed by atoms with Crippen LogP contribution < -0.4 is 10.2 Å². The van der Waals surface area contributed by atoms with Gasteiger partial charge in [-0.3, -0.25) is 24.4 Å².